The van der Waals surface area contributed by atoms with E-state index >= 15 is 0 Å². The van der Waals surface area contributed by atoms with E-state index in [2.05, 4.69) is 0 Å². The Balaban J connectivity index is 3.36. The van der Waals surface area contributed by atoms with Crippen LogP contribution >= 0.6 is 0 Å². The molecule has 20 heavy (non-hydrogen) atoms. The van der Waals surface area contributed by atoms with Gasteiger partial charge >= 0.3 is 0 Å². The first kappa shape index (κ1) is 19.8. The third-order valence-electron chi connectivity index (χ3n) is 2.31. The van der Waals surface area contributed by atoms with Crippen molar-refractivity contribution in [2.75, 3.05) is 39.6 Å². The van der Waals surface area contributed by atoms with Crippen LogP contribution in [0.25, 0.3) is 0 Å². The highest BCUT2D eigenvalue weighted by molar-refractivity contribution is 4.52. The Kier molecular flexibility index (Phi) is 12.3. The van der Waals surface area contributed by atoms with E-state index in [-0.39, 0.29) is 12.2 Å². The number of aliphatic hydroxyl groups excluding tert-OH is 2. The third-order valence-corrected chi connectivity index (χ3v) is 2.31. The van der Waals surface area contributed by atoms with E-state index in [0.717, 1.165) is 0 Å². The quantitative estimate of drug-likeness (QED) is 0.484. The molecule has 0 bridgehead atoms. The molecule has 0 saturated heterocycles. The van der Waals surface area contributed by atoms with Crippen LogP contribution in [0.5, 0.6) is 0 Å². The van der Waals surface area contributed by atoms with E-state index in [9.17, 15) is 0 Å². The molecule has 0 aliphatic rings. The number of rotatable bonds is 13. The Morgan fingerprint density at radius 2 is 1.00 bits per heavy atom. The molecule has 0 rings (SSSR count). The van der Waals surface area contributed by atoms with Crippen molar-refractivity contribution in [2.45, 2.75) is 52.1 Å². The van der Waals surface area contributed by atoms with Crippen molar-refractivity contribution in [1.29, 1.82) is 0 Å². The summed E-state index contributed by atoms with van der Waals surface area (Å²) >= 11 is 0. The molecule has 0 heterocycles. The van der Waals surface area contributed by atoms with Gasteiger partial charge in [0, 0.05) is 0 Å². The van der Waals surface area contributed by atoms with Crippen LogP contribution in [0.4, 0.5) is 0 Å². The van der Waals surface area contributed by atoms with Gasteiger partial charge in [0.25, 0.3) is 0 Å². The summed E-state index contributed by atoms with van der Waals surface area (Å²) in [7, 11) is 0. The second-order valence-electron chi connectivity index (χ2n) is 5.14. The zero-order valence-corrected chi connectivity index (χ0v) is 13.1. The zero-order valence-electron chi connectivity index (χ0n) is 13.1. The molecule has 0 spiro atoms. The Morgan fingerprint density at radius 1 is 0.650 bits per heavy atom. The largest absolute Gasteiger partial charge is 0.391 e. The molecule has 0 aromatic carbocycles. The Hall–Kier alpha value is -0.240. The van der Waals surface area contributed by atoms with Crippen molar-refractivity contribution < 1.29 is 29.2 Å². The second kappa shape index (κ2) is 12.5. The molecule has 4 atom stereocenters. The van der Waals surface area contributed by atoms with Gasteiger partial charge in [-0.1, -0.05) is 0 Å². The first-order valence-corrected chi connectivity index (χ1v) is 7.16. The van der Waals surface area contributed by atoms with Crippen molar-refractivity contribution in [3.8, 4) is 0 Å². The van der Waals surface area contributed by atoms with Crippen LogP contribution < -0.4 is 0 Å². The van der Waals surface area contributed by atoms with Crippen LogP contribution in [0.1, 0.15) is 27.7 Å². The van der Waals surface area contributed by atoms with Crippen LogP contribution in [0.15, 0.2) is 0 Å². The molecule has 4 unspecified atom stereocenters. The fraction of sp³-hybridized carbons (Fsp3) is 1.00. The number of hydrogen-bond acceptors (Lipinski definition) is 6. The fourth-order valence-corrected chi connectivity index (χ4v) is 1.40. The summed E-state index contributed by atoms with van der Waals surface area (Å²) in [6.45, 7) is 9.72. The first-order chi connectivity index (χ1) is 9.41. The van der Waals surface area contributed by atoms with E-state index in [1.54, 1.807) is 13.8 Å². The highest BCUT2D eigenvalue weighted by atomic mass is 16.6. The molecule has 0 aromatic heterocycles. The van der Waals surface area contributed by atoms with Crippen LogP contribution in [0.2, 0.25) is 0 Å². The van der Waals surface area contributed by atoms with Gasteiger partial charge in [0.1, 0.15) is 0 Å². The molecule has 6 heteroatoms. The van der Waals surface area contributed by atoms with Gasteiger partial charge in [0.05, 0.1) is 64.1 Å². The second-order valence-corrected chi connectivity index (χ2v) is 5.14. The topological polar surface area (TPSA) is 77.4 Å². The van der Waals surface area contributed by atoms with Crippen molar-refractivity contribution in [2.24, 2.45) is 0 Å². The maximum Gasteiger partial charge on any atom is 0.0781 e. The minimum Gasteiger partial charge on any atom is -0.391 e. The van der Waals surface area contributed by atoms with Crippen molar-refractivity contribution in [3.05, 3.63) is 0 Å². The Bertz CT molecular complexity index is 188. The van der Waals surface area contributed by atoms with Crippen LogP contribution in [0, 0.1) is 0 Å². The smallest absolute Gasteiger partial charge is 0.0781 e. The molecule has 2 N–H and O–H groups in total. The lowest BCUT2D eigenvalue weighted by atomic mass is 10.4. The summed E-state index contributed by atoms with van der Waals surface area (Å²) in [5.41, 5.74) is 0. The number of ether oxygens (including phenoxy) is 4. The molecule has 0 aromatic rings. The molecular formula is C14H30O6. The molecular weight excluding hydrogens is 264 g/mol. The molecule has 0 fully saturated rings. The highest BCUT2D eigenvalue weighted by Crippen LogP contribution is 1.97. The van der Waals surface area contributed by atoms with E-state index in [0.29, 0.717) is 39.6 Å². The highest BCUT2D eigenvalue weighted by Gasteiger charge is 2.06. The van der Waals surface area contributed by atoms with E-state index < -0.39 is 12.2 Å². The molecule has 0 aliphatic heterocycles. The summed E-state index contributed by atoms with van der Waals surface area (Å²) in [6, 6.07) is 0. The minimum atomic E-state index is -0.451. The average molecular weight is 294 g/mol. The average Bonchev–Trinajstić information content (AvgIpc) is 2.33. The third kappa shape index (κ3) is 14.2. The van der Waals surface area contributed by atoms with Gasteiger partial charge in [-0.25, -0.2) is 0 Å². The van der Waals surface area contributed by atoms with Gasteiger partial charge in [-0.2, -0.15) is 0 Å². The first-order valence-electron chi connectivity index (χ1n) is 7.16. The molecule has 0 aliphatic carbocycles. The predicted octanol–water partition coefficient (Wildman–Crippen LogP) is 0.591. The normalized spacial score (nSPS) is 17.7. The maximum atomic E-state index is 9.03. The van der Waals surface area contributed by atoms with Gasteiger partial charge in [-0.3, -0.25) is 0 Å². The minimum absolute atomic E-state index is 0.0286. The predicted molar refractivity (Wildman–Crippen MR) is 75.8 cm³/mol. The molecule has 0 saturated carbocycles. The molecule has 6 nitrogen and oxygen atoms in total. The van der Waals surface area contributed by atoms with Crippen molar-refractivity contribution in [3.63, 3.8) is 0 Å². The van der Waals surface area contributed by atoms with E-state index in [1.165, 1.54) is 0 Å². The lowest BCUT2D eigenvalue weighted by Crippen LogP contribution is -2.24. The summed E-state index contributed by atoms with van der Waals surface area (Å²) in [6.07, 6.45) is -0.959. The number of hydrogen-bond donors (Lipinski definition) is 2. The molecule has 122 valence electrons. The van der Waals surface area contributed by atoms with Gasteiger partial charge in [0.2, 0.25) is 0 Å². The number of aliphatic hydroxyl groups is 2. The van der Waals surface area contributed by atoms with E-state index in [1.807, 2.05) is 13.8 Å². The summed E-state index contributed by atoms with van der Waals surface area (Å²) in [4.78, 5) is 0. The standard InChI is InChI=1S/C14H30O6/c1-11(15)7-17-9-13(3)19-5-6-20-14(4)10-18-8-12(2)16/h11-16H,5-10H2,1-4H3. The Labute approximate surface area is 122 Å². The van der Waals surface area contributed by atoms with Crippen LogP contribution in [-0.2, 0) is 18.9 Å². The van der Waals surface area contributed by atoms with Crippen LogP contribution in [-0.4, -0.2) is 74.3 Å². The van der Waals surface area contributed by atoms with Gasteiger partial charge in [0.15, 0.2) is 0 Å². The molecule has 0 radical (unpaired) electrons. The lowest BCUT2D eigenvalue weighted by molar-refractivity contribution is -0.0680. The summed E-state index contributed by atoms with van der Waals surface area (Å²) in [5.74, 6) is 0. The van der Waals surface area contributed by atoms with Gasteiger partial charge in [-0.05, 0) is 27.7 Å². The van der Waals surface area contributed by atoms with Crippen LogP contribution in [0.3, 0.4) is 0 Å². The Morgan fingerprint density at radius 3 is 1.30 bits per heavy atom. The fourth-order valence-electron chi connectivity index (χ4n) is 1.40. The lowest BCUT2D eigenvalue weighted by Gasteiger charge is -2.17. The van der Waals surface area contributed by atoms with Crippen molar-refractivity contribution in [1.82, 2.24) is 0 Å². The van der Waals surface area contributed by atoms with Gasteiger partial charge in [-0.15, -0.1) is 0 Å². The summed E-state index contributed by atoms with van der Waals surface area (Å²) in [5, 5.41) is 18.1. The van der Waals surface area contributed by atoms with E-state index in [4.69, 9.17) is 29.2 Å². The summed E-state index contributed by atoms with van der Waals surface area (Å²) < 4.78 is 21.5. The van der Waals surface area contributed by atoms with Crippen molar-refractivity contribution >= 4 is 0 Å². The molecule has 0 amide bonds. The zero-order chi connectivity index (χ0) is 15.4. The SMILES string of the molecule is CC(O)COCC(C)OCCOC(C)COCC(C)O. The maximum absolute atomic E-state index is 9.03. The monoisotopic (exact) mass is 294 g/mol. The van der Waals surface area contributed by atoms with Gasteiger partial charge < -0.3 is 29.2 Å².